The zero-order chi connectivity index (χ0) is 8.31. The first-order valence-electron chi connectivity index (χ1n) is 3.13. The average molecular weight is 184 g/mol. The monoisotopic (exact) mass is 183 g/mol. The summed E-state index contributed by atoms with van der Waals surface area (Å²) >= 11 is 0. The summed E-state index contributed by atoms with van der Waals surface area (Å²) in [6.45, 7) is 3.43. The minimum atomic E-state index is -1.17. The van der Waals surface area contributed by atoms with Gasteiger partial charge in [-0.3, -0.25) is 4.79 Å². The predicted octanol–water partition coefficient (Wildman–Crippen LogP) is -0.163. The molecule has 2 unspecified atom stereocenters. The molecule has 0 saturated heterocycles. The number of carboxylic acids is 1. The van der Waals surface area contributed by atoms with Gasteiger partial charge >= 0.3 is 5.97 Å². The summed E-state index contributed by atoms with van der Waals surface area (Å²) in [4.78, 5) is 10.2. The van der Waals surface area contributed by atoms with E-state index >= 15 is 0 Å². The van der Waals surface area contributed by atoms with Gasteiger partial charge in [0.25, 0.3) is 0 Å². The Bertz CT molecular complexity index is 129. The number of nitrogens with two attached hydrogens (primary N) is 1. The minimum absolute atomic E-state index is 0. The molecule has 0 aromatic rings. The van der Waals surface area contributed by atoms with E-state index in [4.69, 9.17) is 15.9 Å². The highest BCUT2D eigenvalue weighted by atomic mass is 35.5. The van der Waals surface area contributed by atoms with Crippen molar-refractivity contribution in [3.63, 3.8) is 0 Å². The van der Waals surface area contributed by atoms with Crippen LogP contribution in [0.25, 0.3) is 0 Å². The molecule has 0 bridgehead atoms. The normalized spacial score (nSPS) is 15.4. The van der Waals surface area contributed by atoms with E-state index in [2.05, 4.69) is 0 Å². The molecule has 11 heavy (non-hydrogen) atoms. The van der Waals surface area contributed by atoms with Crippen LogP contribution in [0.4, 0.5) is 0 Å². The van der Waals surface area contributed by atoms with Gasteiger partial charge in [-0.05, 0) is 5.92 Å². The number of aliphatic hydroxyl groups is 1. The number of aliphatic hydroxyl groups excluding tert-OH is 1. The molecule has 0 saturated carbocycles. The molecule has 68 valence electrons. The summed E-state index contributed by atoms with van der Waals surface area (Å²) in [5.41, 5.74) is 5.11. The van der Waals surface area contributed by atoms with Crippen LogP contribution in [-0.2, 0) is 4.79 Å². The summed E-state index contributed by atoms with van der Waals surface area (Å²) in [6, 6.07) is -1.17. The van der Waals surface area contributed by atoms with Gasteiger partial charge in [0.15, 0.2) is 0 Å². The molecular weight excluding hydrogens is 170 g/mol. The van der Waals surface area contributed by atoms with E-state index in [1.807, 2.05) is 0 Å². The highest BCUT2D eigenvalue weighted by molar-refractivity contribution is 5.85. The molecule has 0 spiro atoms. The summed E-state index contributed by atoms with van der Waals surface area (Å²) in [5, 5.41) is 17.4. The fourth-order valence-corrected chi connectivity index (χ4v) is 0.561. The molecule has 0 aromatic carbocycles. The van der Waals surface area contributed by atoms with Gasteiger partial charge in [-0.15, -0.1) is 12.4 Å². The standard InChI is InChI=1S/C6H13NO3.ClH/c1-3(2)5(8)4(7)6(9)10;/h3-5,8H,7H2,1-2H3,(H,9,10);1H. The van der Waals surface area contributed by atoms with Gasteiger partial charge in [-0.1, -0.05) is 13.8 Å². The van der Waals surface area contributed by atoms with Crippen LogP contribution < -0.4 is 5.73 Å². The maximum Gasteiger partial charge on any atom is 0.323 e. The molecule has 4 N–H and O–H groups in total. The molecule has 5 heteroatoms. The topological polar surface area (TPSA) is 83.5 Å². The molecular formula is C6H14ClNO3. The smallest absolute Gasteiger partial charge is 0.323 e. The van der Waals surface area contributed by atoms with Crippen LogP contribution in [0.2, 0.25) is 0 Å². The number of carbonyl (C=O) groups is 1. The highest BCUT2D eigenvalue weighted by Gasteiger charge is 2.24. The molecule has 4 nitrogen and oxygen atoms in total. The third-order valence-electron chi connectivity index (χ3n) is 1.34. The molecule has 0 heterocycles. The van der Waals surface area contributed by atoms with Crippen molar-refractivity contribution >= 4 is 18.4 Å². The molecule has 0 aliphatic carbocycles. The zero-order valence-corrected chi connectivity index (χ0v) is 7.34. The third-order valence-corrected chi connectivity index (χ3v) is 1.34. The van der Waals surface area contributed by atoms with Crippen LogP contribution in [0.5, 0.6) is 0 Å². The summed E-state index contributed by atoms with van der Waals surface area (Å²) in [6.07, 6.45) is -0.961. The van der Waals surface area contributed by atoms with Crippen molar-refractivity contribution in [1.82, 2.24) is 0 Å². The van der Waals surface area contributed by atoms with Crippen molar-refractivity contribution in [2.24, 2.45) is 11.7 Å². The molecule has 2 atom stereocenters. The number of aliphatic carboxylic acids is 1. The van der Waals surface area contributed by atoms with Crippen molar-refractivity contribution in [3.05, 3.63) is 0 Å². The lowest BCUT2D eigenvalue weighted by molar-refractivity contribution is -0.141. The molecule has 0 radical (unpaired) electrons. The van der Waals surface area contributed by atoms with Gasteiger partial charge in [-0.25, -0.2) is 0 Å². The first kappa shape index (κ1) is 13.3. The van der Waals surface area contributed by atoms with E-state index in [1.165, 1.54) is 0 Å². The minimum Gasteiger partial charge on any atom is -0.480 e. The summed E-state index contributed by atoms with van der Waals surface area (Å²) in [7, 11) is 0. The van der Waals surface area contributed by atoms with Crippen LogP contribution in [0, 0.1) is 5.92 Å². The quantitative estimate of drug-likeness (QED) is 0.568. The van der Waals surface area contributed by atoms with Gasteiger partial charge in [-0.2, -0.15) is 0 Å². The molecule has 0 fully saturated rings. The second kappa shape index (κ2) is 5.35. The lowest BCUT2D eigenvalue weighted by atomic mass is 10.0. The van der Waals surface area contributed by atoms with Gasteiger partial charge in [0, 0.05) is 0 Å². The Morgan fingerprint density at radius 2 is 1.82 bits per heavy atom. The fourth-order valence-electron chi connectivity index (χ4n) is 0.561. The number of rotatable bonds is 3. The number of hydrogen-bond acceptors (Lipinski definition) is 3. The second-order valence-corrected chi connectivity index (χ2v) is 2.60. The third kappa shape index (κ3) is 4.19. The van der Waals surface area contributed by atoms with E-state index in [-0.39, 0.29) is 18.3 Å². The van der Waals surface area contributed by atoms with Crippen LogP contribution in [0.1, 0.15) is 13.8 Å². The van der Waals surface area contributed by atoms with E-state index in [0.29, 0.717) is 0 Å². The van der Waals surface area contributed by atoms with Crippen molar-refractivity contribution in [3.8, 4) is 0 Å². The van der Waals surface area contributed by atoms with Gasteiger partial charge in [0.1, 0.15) is 6.04 Å². The van der Waals surface area contributed by atoms with Crippen LogP contribution in [0.3, 0.4) is 0 Å². The maximum atomic E-state index is 10.2. The predicted molar refractivity (Wildman–Crippen MR) is 43.7 cm³/mol. The highest BCUT2D eigenvalue weighted by Crippen LogP contribution is 2.03. The average Bonchev–Trinajstić information content (AvgIpc) is 1.84. The largest absolute Gasteiger partial charge is 0.480 e. The van der Waals surface area contributed by atoms with Gasteiger partial charge in [0.05, 0.1) is 6.10 Å². The summed E-state index contributed by atoms with van der Waals surface area (Å²) < 4.78 is 0. The molecule has 0 aliphatic rings. The number of carboxylic acid groups (broad SMARTS) is 1. The Hall–Kier alpha value is -0.320. The van der Waals surface area contributed by atoms with Gasteiger partial charge in [0.2, 0.25) is 0 Å². The Kier molecular flexibility index (Phi) is 6.46. The van der Waals surface area contributed by atoms with E-state index in [9.17, 15) is 4.79 Å². The van der Waals surface area contributed by atoms with Crippen LogP contribution in [0.15, 0.2) is 0 Å². The lowest BCUT2D eigenvalue weighted by Gasteiger charge is -2.17. The Labute approximate surface area is 71.8 Å². The molecule has 0 aromatic heterocycles. The van der Waals surface area contributed by atoms with Crippen molar-refractivity contribution in [2.75, 3.05) is 0 Å². The van der Waals surface area contributed by atoms with Crippen molar-refractivity contribution in [1.29, 1.82) is 0 Å². The molecule has 0 aliphatic heterocycles. The molecule has 0 rings (SSSR count). The van der Waals surface area contributed by atoms with Crippen molar-refractivity contribution < 1.29 is 15.0 Å². The van der Waals surface area contributed by atoms with E-state index in [1.54, 1.807) is 13.8 Å². The van der Waals surface area contributed by atoms with Crippen LogP contribution in [-0.4, -0.2) is 28.3 Å². The Morgan fingerprint density at radius 3 is 1.91 bits per heavy atom. The fraction of sp³-hybridized carbons (Fsp3) is 0.833. The lowest BCUT2D eigenvalue weighted by Crippen LogP contribution is -2.44. The SMILES string of the molecule is CC(C)C(O)C(N)C(=O)O.Cl. The van der Waals surface area contributed by atoms with E-state index in [0.717, 1.165) is 0 Å². The first-order chi connectivity index (χ1) is 4.46. The second-order valence-electron chi connectivity index (χ2n) is 2.60. The first-order valence-corrected chi connectivity index (χ1v) is 3.13. The summed E-state index contributed by atoms with van der Waals surface area (Å²) in [5.74, 6) is -1.28. The zero-order valence-electron chi connectivity index (χ0n) is 6.52. The van der Waals surface area contributed by atoms with Crippen LogP contribution >= 0.6 is 12.4 Å². The number of halogens is 1. The Morgan fingerprint density at radius 1 is 1.45 bits per heavy atom. The maximum absolute atomic E-state index is 10.2. The number of hydrogen-bond donors (Lipinski definition) is 3. The molecule has 0 amide bonds. The van der Waals surface area contributed by atoms with Gasteiger partial charge < -0.3 is 15.9 Å². The Balaban J connectivity index is 0. The van der Waals surface area contributed by atoms with Crippen molar-refractivity contribution in [2.45, 2.75) is 26.0 Å². The van der Waals surface area contributed by atoms with E-state index < -0.39 is 18.1 Å².